The summed E-state index contributed by atoms with van der Waals surface area (Å²) in [6.07, 6.45) is 9.08. The van der Waals surface area contributed by atoms with E-state index in [1.54, 1.807) is 0 Å². The van der Waals surface area contributed by atoms with Crippen LogP contribution in [0.2, 0.25) is 0 Å². The third kappa shape index (κ3) is 13.4. The van der Waals surface area contributed by atoms with Gasteiger partial charge in [0.05, 0.1) is 65.2 Å². The number of aromatic nitrogens is 6. The predicted molar refractivity (Wildman–Crippen MR) is 540 cm³/mol. The number of anilines is 7. The Balaban J connectivity index is 0.000000128. The molecule has 9 heterocycles. The molecule has 6 aromatic heterocycles. The van der Waals surface area contributed by atoms with Gasteiger partial charge in [-0.2, -0.15) is 9.25 Å². The van der Waals surface area contributed by atoms with Crippen LogP contribution in [0.4, 0.5) is 40.5 Å². The molecule has 21 rings (SSSR count). The van der Waals surface area contributed by atoms with Crippen LogP contribution < -0.4 is 38.3 Å². The highest BCUT2D eigenvalue weighted by Gasteiger charge is 2.53. The summed E-state index contributed by atoms with van der Waals surface area (Å²) >= 11 is 0. The van der Waals surface area contributed by atoms with Crippen molar-refractivity contribution in [3.8, 4) is 11.4 Å². The SMILES string of the molecule is Cc1ccc2oc3ccccc3c2c1C(C)(C)N1C=CN(c2c3ccccc3n(C(C)C)[n+]2C)[C@H]1C.Cc1ccc2oc3ccccc3c2c1C(C)(C)N1c2ccccc2N(c2n(-c3c(C(C)C)cccc3C(C)C)c3ccccc3[n+]2C)[C@H]1C.Cc1ccc2oc3ccccc3c2c1C(C)(C)N1c2ccccc2N(c2n(-c3c(C(C)C)cccc3C(C)C)cc[n+]2C)[C@H]1C. The lowest BCUT2D eigenvalue weighted by atomic mass is 9.84. The van der Waals surface area contributed by atoms with Gasteiger partial charge in [0.1, 0.15) is 86.7 Å². The van der Waals surface area contributed by atoms with Crippen LogP contribution in [-0.2, 0) is 37.8 Å². The van der Waals surface area contributed by atoms with Gasteiger partial charge in [0, 0.05) is 38.5 Å². The molecule has 662 valence electrons. The second-order valence-electron chi connectivity index (χ2n) is 39.6. The Kier molecular flexibility index (Phi) is 21.5. The van der Waals surface area contributed by atoms with Crippen molar-refractivity contribution >= 4 is 128 Å². The van der Waals surface area contributed by atoms with Crippen LogP contribution in [0.5, 0.6) is 0 Å². The number of para-hydroxylation sites is 12. The Morgan fingerprint density at radius 1 is 0.354 bits per heavy atom. The minimum atomic E-state index is -0.394. The van der Waals surface area contributed by atoms with E-state index in [1.807, 2.05) is 6.07 Å². The maximum atomic E-state index is 6.43. The molecule has 12 aromatic carbocycles. The Morgan fingerprint density at radius 3 is 1.17 bits per heavy atom. The lowest BCUT2D eigenvalue weighted by molar-refractivity contribution is -0.741. The first kappa shape index (κ1) is 86.1. The summed E-state index contributed by atoms with van der Waals surface area (Å²) in [4.78, 5) is 15.2. The monoisotopic (exact) mass is 1720 g/mol. The number of nitrogens with zero attached hydrogens (tertiary/aromatic N) is 12. The fourth-order valence-electron chi connectivity index (χ4n) is 23.3. The van der Waals surface area contributed by atoms with Crippen molar-refractivity contribution in [3.05, 3.63) is 323 Å². The Labute approximate surface area is 766 Å². The zero-order chi connectivity index (χ0) is 91.5. The van der Waals surface area contributed by atoms with E-state index in [4.69, 9.17) is 13.3 Å². The second-order valence-corrected chi connectivity index (χ2v) is 39.6. The average Bonchev–Trinajstić information content (AvgIpc) is 1.55. The first-order valence-electron chi connectivity index (χ1n) is 46.9. The van der Waals surface area contributed by atoms with E-state index in [0.717, 1.165) is 45.4 Å². The van der Waals surface area contributed by atoms with Gasteiger partial charge in [-0.15, -0.1) is 0 Å². The third-order valence-electron chi connectivity index (χ3n) is 28.7. The molecule has 0 fully saturated rings. The molecule has 0 bridgehead atoms. The summed E-state index contributed by atoms with van der Waals surface area (Å²) in [6, 6.07) is 87.7. The lowest BCUT2D eigenvalue weighted by Gasteiger charge is -2.41. The van der Waals surface area contributed by atoms with Gasteiger partial charge in [-0.25, -0.2) is 33.1 Å². The van der Waals surface area contributed by atoms with Crippen molar-refractivity contribution < 1.29 is 27.1 Å². The average molecular weight is 1730 g/mol. The fraction of sp³-hybridized carbons (Fsp3) is 0.313. The molecule has 3 aliphatic rings. The van der Waals surface area contributed by atoms with E-state index in [9.17, 15) is 0 Å². The third-order valence-corrected chi connectivity index (χ3v) is 28.7. The quantitative estimate of drug-likeness (QED) is 0.0878. The van der Waals surface area contributed by atoms with E-state index >= 15 is 0 Å². The number of aryl methyl sites for hydroxylation is 5. The molecule has 0 saturated carbocycles. The largest absolute Gasteiger partial charge is 0.456 e. The molecule has 3 atom stereocenters. The van der Waals surface area contributed by atoms with Gasteiger partial charge in [-0.1, -0.05) is 213 Å². The first-order chi connectivity index (χ1) is 62.2. The van der Waals surface area contributed by atoms with E-state index in [0.29, 0.717) is 29.7 Å². The molecule has 0 amide bonds. The van der Waals surface area contributed by atoms with Gasteiger partial charge < -0.3 is 28.0 Å². The number of rotatable bonds is 16. The summed E-state index contributed by atoms with van der Waals surface area (Å²) in [6.45, 7) is 50.8. The number of imidazole rings is 2. The van der Waals surface area contributed by atoms with Crippen molar-refractivity contribution in [3.63, 3.8) is 0 Å². The number of hydrogen-bond acceptors (Lipinski definition) is 9. The number of furan rings is 3. The van der Waals surface area contributed by atoms with Crippen molar-refractivity contribution in [1.82, 2.24) is 18.7 Å². The summed E-state index contributed by atoms with van der Waals surface area (Å²) in [5.41, 5.74) is 28.9. The van der Waals surface area contributed by atoms with Crippen LogP contribution in [0.25, 0.3) is 99.1 Å². The highest BCUT2D eigenvalue weighted by atomic mass is 16.3. The van der Waals surface area contributed by atoms with Crippen molar-refractivity contribution in [2.75, 3.05) is 24.5 Å². The molecule has 15 heteroatoms. The van der Waals surface area contributed by atoms with E-state index < -0.39 is 5.54 Å². The van der Waals surface area contributed by atoms with E-state index in [-0.39, 0.29) is 29.6 Å². The van der Waals surface area contributed by atoms with Crippen molar-refractivity contribution in [2.45, 2.75) is 217 Å². The molecule has 130 heavy (non-hydrogen) atoms. The van der Waals surface area contributed by atoms with Gasteiger partial charge in [0.15, 0.2) is 18.5 Å². The molecule has 3 aliphatic heterocycles. The highest BCUT2D eigenvalue weighted by Crippen LogP contribution is 2.56. The van der Waals surface area contributed by atoms with Gasteiger partial charge >= 0.3 is 17.7 Å². The molecule has 0 unspecified atom stereocenters. The molecule has 0 aliphatic carbocycles. The van der Waals surface area contributed by atoms with Crippen molar-refractivity contribution in [2.24, 2.45) is 21.1 Å². The number of fused-ring (bicyclic) bond motifs is 13. The zero-order valence-corrected chi connectivity index (χ0v) is 80.6. The molecular weight excluding hydrogens is 1600 g/mol. The van der Waals surface area contributed by atoms with Crippen LogP contribution >= 0.6 is 0 Å². The van der Waals surface area contributed by atoms with Crippen LogP contribution in [0.15, 0.2) is 281 Å². The summed E-state index contributed by atoms with van der Waals surface area (Å²) < 4.78 is 33.4. The van der Waals surface area contributed by atoms with Gasteiger partial charge in [0.2, 0.25) is 0 Å². The van der Waals surface area contributed by atoms with Gasteiger partial charge in [-0.05, 0) is 261 Å². The standard InChI is InChI=1S/C44H47N4O.C40H45N4O.C31H35N4O/c1-27(2)31-18-16-19-32(28(3)4)42(31)47-35-21-12-11-20-34(35)45(9)43(47)46-30(6)48(37-23-14-13-22-36(37)46)44(7,8)41-29(5)25-26-39-40(41)33-17-10-15-24-38(33)49-39;1-25(2)29-16-14-17-30(26(3)4)38(29)42-24-23-41(9)39(42)43-28(6)44(33-19-12-11-18-32(33)43)40(7,8)37-27(5)21-22-35-36(37)31-15-10-13-20-34(31)45-35;1-20(2)35-25-14-10-8-12-23(25)30(32(35)7)33-18-19-34(22(33)4)31(5,6)29-21(3)16-17-27-28(29)24-13-9-11-15-26(24)36-27/h10-28,30H,1-9H3;10-26,28H,1-9H3;8-20,22H,1-7H3/q3*+1/t30-;28-;22-/m111/s1. The molecule has 18 aromatic rings. The maximum Gasteiger partial charge on any atom is 0.372 e. The highest BCUT2D eigenvalue weighted by molar-refractivity contribution is 6.10. The first-order valence-corrected chi connectivity index (χ1v) is 46.9. The Bertz CT molecular complexity index is 7440. The minimum Gasteiger partial charge on any atom is -0.456 e. The molecule has 0 saturated heterocycles. The lowest BCUT2D eigenvalue weighted by Crippen LogP contribution is -2.51. The van der Waals surface area contributed by atoms with Gasteiger partial charge in [0.25, 0.3) is 0 Å². The smallest absolute Gasteiger partial charge is 0.372 e. The van der Waals surface area contributed by atoms with E-state index in [1.165, 1.54) is 150 Å². The maximum absolute atomic E-state index is 6.43. The topological polar surface area (TPSA) is 85.3 Å². The zero-order valence-electron chi connectivity index (χ0n) is 80.6. The normalized spacial score (nSPS) is 15.6. The van der Waals surface area contributed by atoms with Crippen LogP contribution in [0, 0.1) is 20.8 Å². The summed E-state index contributed by atoms with van der Waals surface area (Å²) in [5.74, 6) is 5.02. The van der Waals surface area contributed by atoms with E-state index in [2.05, 4.69) is 492 Å². The molecular formula is C115H127N12O3+3. The fourth-order valence-corrected chi connectivity index (χ4v) is 23.3. The van der Waals surface area contributed by atoms with Gasteiger partial charge in [-0.3, -0.25) is 0 Å². The molecule has 0 spiro atoms. The number of benzene rings is 12. The predicted octanol–water partition coefficient (Wildman–Crippen LogP) is 28.3. The molecule has 0 N–H and O–H groups in total. The molecule has 15 nitrogen and oxygen atoms in total. The Morgan fingerprint density at radius 2 is 0.731 bits per heavy atom. The van der Waals surface area contributed by atoms with Crippen LogP contribution in [0.3, 0.4) is 0 Å². The number of hydrogen-bond donors (Lipinski definition) is 0. The summed E-state index contributed by atoms with van der Waals surface area (Å²) in [5, 5.41) is 8.41. The van der Waals surface area contributed by atoms with Crippen LogP contribution in [-0.4, -0.2) is 37.2 Å². The van der Waals surface area contributed by atoms with Crippen LogP contribution in [0.1, 0.15) is 217 Å². The minimum absolute atomic E-state index is 0.0109. The summed E-state index contributed by atoms with van der Waals surface area (Å²) in [7, 11) is 6.57. The molecule has 0 radical (unpaired) electrons. The Hall–Kier alpha value is -13.3. The van der Waals surface area contributed by atoms with Crippen molar-refractivity contribution in [1.29, 1.82) is 0 Å². The second kappa shape index (κ2) is 32.4.